The molecule has 0 fully saturated rings. The molecule has 150 valence electrons. The van der Waals surface area contributed by atoms with Crippen molar-refractivity contribution < 1.29 is 19.2 Å². The summed E-state index contributed by atoms with van der Waals surface area (Å²) in [6.45, 7) is 2.29. The minimum absolute atomic E-state index is 0.152. The molecular formula is C24H26FN2O2+. The second-order valence-electron chi connectivity index (χ2n) is 6.82. The van der Waals surface area contributed by atoms with E-state index in [1.165, 1.54) is 17.7 Å². The number of benzene rings is 3. The highest BCUT2D eigenvalue weighted by Crippen LogP contribution is 2.23. The van der Waals surface area contributed by atoms with Crippen molar-refractivity contribution in [2.75, 3.05) is 19.0 Å². The first-order valence-electron chi connectivity index (χ1n) is 9.71. The number of aryl methyl sites for hydroxylation is 1. The number of ether oxygens (including phenoxy) is 1. The average Bonchev–Trinajstić information content (AvgIpc) is 2.75. The van der Waals surface area contributed by atoms with Crippen molar-refractivity contribution in [2.45, 2.75) is 19.4 Å². The van der Waals surface area contributed by atoms with E-state index >= 15 is 0 Å². The minimum atomic E-state index is -0.287. The fourth-order valence-corrected chi connectivity index (χ4v) is 3.30. The van der Waals surface area contributed by atoms with E-state index in [0.29, 0.717) is 11.4 Å². The summed E-state index contributed by atoms with van der Waals surface area (Å²) in [6.07, 6.45) is 0.954. The molecule has 0 unspecified atom stereocenters. The molecule has 0 saturated carbocycles. The molecule has 0 aliphatic rings. The molecule has 0 bridgehead atoms. The maximum Gasteiger partial charge on any atom is 0.279 e. The Labute approximate surface area is 170 Å². The lowest BCUT2D eigenvalue weighted by Gasteiger charge is -2.17. The van der Waals surface area contributed by atoms with Crippen LogP contribution in [0.4, 0.5) is 10.1 Å². The molecule has 29 heavy (non-hydrogen) atoms. The fourth-order valence-electron chi connectivity index (χ4n) is 3.30. The maximum atomic E-state index is 13.8. The highest BCUT2D eigenvalue weighted by Gasteiger charge is 2.20. The zero-order valence-electron chi connectivity index (χ0n) is 16.7. The van der Waals surface area contributed by atoms with E-state index in [2.05, 4.69) is 24.4 Å². The van der Waals surface area contributed by atoms with Gasteiger partial charge in [-0.05, 0) is 36.2 Å². The van der Waals surface area contributed by atoms with Gasteiger partial charge in [0.05, 0.1) is 12.8 Å². The number of hydrogen-bond donors (Lipinski definition) is 2. The van der Waals surface area contributed by atoms with Gasteiger partial charge in [-0.25, -0.2) is 4.39 Å². The van der Waals surface area contributed by atoms with Gasteiger partial charge in [0.2, 0.25) is 0 Å². The number of nitrogens with two attached hydrogens (primary N) is 1. The molecule has 3 aromatic carbocycles. The third-order valence-corrected chi connectivity index (χ3v) is 4.87. The smallest absolute Gasteiger partial charge is 0.279 e. The van der Waals surface area contributed by atoms with Crippen LogP contribution in [-0.4, -0.2) is 19.6 Å². The Balaban J connectivity index is 1.76. The van der Waals surface area contributed by atoms with Gasteiger partial charge in [0, 0.05) is 11.1 Å². The normalized spacial score (nSPS) is 11.7. The molecule has 0 aliphatic heterocycles. The number of carbonyl (C=O) groups is 1. The molecule has 3 N–H and O–H groups in total. The first-order valence-corrected chi connectivity index (χ1v) is 9.71. The Bertz CT molecular complexity index is 957. The summed E-state index contributed by atoms with van der Waals surface area (Å²) < 4.78 is 19.1. The van der Waals surface area contributed by atoms with Crippen LogP contribution in [0.15, 0.2) is 72.8 Å². The molecule has 1 amide bonds. The first kappa shape index (κ1) is 20.6. The summed E-state index contributed by atoms with van der Waals surface area (Å²) in [5.41, 5.74) is 3.71. The highest BCUT2D eigenvalue weighted by molar-refractivity contribution is 5.92. The summed E-state index contributed by atoms with van der Waals surface area (Å²) in [5, 5.41) is 4.80. The second-order valence-corrected chi connectivity index (χ2v) is 6.82. The van der Waals surface area contributed by atoms with Crippen LogP contribution >= 0.6 is 0 Å². The van der Waals surface area contributed by atoms with Crippen molar-refractivity contribution >= 4 is 11.6 Å². The Morgan fingerprint density at radius 3 is 2.48 bits per heavy atom. The summed E-state index contributed by atoms with van der Waals surface area (Å²) in [7, 11) is 1.57. The molecule has 5 heteroatoms. The number of carbonyl (C=O) groups excluding carboxylic acids is 1. The topological polar surface area (TPSA) is 54.9 Å². The van der Waals surface area contributed by atoms with Crippen molar-refractivity contribution in [1.29, 1.82) is 0 Å². The van der Waals surface area contributed by atoms with E-state index in [9.17, 15) is 9.18 Å². The van der Waals surface area contributed by atoms with Gasteiger partial charge in [-0.1, -0.05) is 55.5 Å². The number of methoxy groups -OCH3 is 1. The Morgan fingerprint density at radius 2 is 1.79 bits per heavy atom. The molecule has 0 radical (unpaired) electrons. The minimum Gasteiger partial charge on any atom is -0.495 e. The number of amides is 1. The number of nitrogens with one attached hydrogen (secondary N) is 1. The third kappa shape index (κ3) is 5.42. The van der Waals surface area contributed by atoms with Crippen LogP contribution in [0.1, 0.15) is 29.7 Å². The van der Waals surface area contributed by atoms with Crippen molar-refractivity contribution in [2.24, 2.45) is 0 Å². The predicted molar refractivity (Wildman–Crippen MR) is 112 cm³/mol. The van der Waals surface area contributed by atoms with Crippen molar-refractivity contribution in [3.8, 4) is 5.75 Å². The first-order chi connectivity index (χ1) is 14.1. The zero-order valence-corrected chi connectivity index (χ0v) is 16.7. The van der Waals surface area contributed by atoms with E-state index in [1.54, 1.807) is 25.3 Å². The van der Waals surface area contributed by atoms with Crippen LogP contribution in [0.25, 0.3) is 0 Å². The van der Waals surface area contributed by atoms with Crippen LogP contribution in [0, 0.1) is 5.82 Å². The van der Waals surface area contributed by atoms with E-state index in [0.717, 1.165) is 17.5 Å². The second kappa shape index (κ2) is 9.85. The van der Waals surface area contributed by atoms with Crippen molar-refractivity contribution in [3.05, 3.63) is 95.3 Å². The van der Waals surface area contributed by atoms with Gasteiger partial charge in [0.25, 0.3) is 5.91 Å². The summed E-state index contributed by atoms with van der Waals surface area (Å²) in [4.78, 5) is 12.5. The van der Waals surface area contributed by atoms with Gasteiger partial charge >= 0.3 is 0 Å². The van der Waals surface area contributed by atoms with Gasteiger partial charge in [-0.2, -0.15) is 0 Å². The van der Waals surface area contributed by atoms with Crippen molar-refractivity contribution in [3.63, 3.8) is 0 Å². The number of quaternary nitrogens is 1. The zero-order chi connectivity index (χ0) is 20.6. The van der Waals surface area contributed by atoms with Crippen LogP contribution < -0.4 is 15.4 Å². The molecule has 0 spiro atoms. The fraction of sp³-hybridized carbons (Fsp3) is 0.208. The molecule has 0 heterocycles. The lowest BCUT2D eigenvalue weighted by molar-refractivity contribution is -0.676. The number of halogens is 1. The molecule has 0 saturated heterocycles. The number of hydrogen-bond acceptors (Lipinski definition) is 2. The standard InChI is InChI=1S/C24H25FN2O2/c1-3-17-11-13-18(14-12-17)24(19-7-6-8-20(25)15-19)26-16-23(28)27-21-9-4-5-10-22(21)29-2/h4-15,24,26H,3,16H2,1-2H3,(H,27,28)/p+1/t24-/m0/s1. The van der Waals surface area contributed by atoms with Crippen LogP contribution in [0.3, 0.4) is 0 Å². The average molecular weight is 393 g/mol. The molecule has 3 rings (SSSR count). The molecule has 4 nitrogen and oxygen atoms in total. The van der Waals surface area contributed by atoms with Gasteiger partial charge in [0.15, 0.2) is 6.54 Å². The van der Waals surface area contributed by atoms with E-state index in [1.807, 2.05) is 35.6 Å². The molecule has 3 aromatic rings. The molecule has 0 aliphatic carbocycles. The molecule has 0 aromatic heterocycles. The summed E-state index contributed by atoms with van der Waals surface area (Å²) >= 11 is 0. The Morgan fingerprint density at radius 1 is 1.03 bits per heavy atom. The summed E-state index contributed by atoms with van der Waals surface area (Å²) in [5.74, 6) is 0.170. The van der Waals surface area contributed by atoms with E-state index in [4.69, 9.17) is 4.74 Å². The Kier molecular flexibility index (Phi) is 6.98. The SMILES string of the molecule is CCc1ccc([C@H]([NH2+]CC(=O)Nc2ccccc2OC)c2cccc(F)c2)cc1. The number of para-hydroxylation sites is 2. The van der Waals surface area contributed by atoms with Gasteiger partial charge in [-0.15, -0.1) is 0 Å². The maximum absolute atomic E-state index is 13.8. The van der Waals surface area contributed by atoms with Crippen LogP contribution in [0.5, 0.6) is 5.75 Å². The molecular weight excluding hydrogens is 367 g/mol. The van der Waals surface area contributed by atoms with Crippen LogP contribution in [0.2, 0.25) is 0 Å². The number of rotatable bonds is 8. The lowest BCUT2D eigenvalue weighted by atomic mass is 9.97. The Hall–Kier alpha value is -3.18. The summed E-state index contributed by atoms with van der Waals surface area (Å²) in [6, 6.07) is 21.9. The van der Waals surface area contributed by atoms with Gasteiger partial charge < -0.3 is 15.4 Å². The predicted octanol–water partition coefficient (Wildman–Crippen LogP) is 3.69. The monoisotopic (exact) mass is 393 g/mol. The third-order valence-electron chi connectivity index (χ3n) is 4.87. The highest BCUT2D eigenvalue weighted by atomic mass is 19.1. The van der Waals surface area contributed by atoms with Gasteiger partial charge in [0.1, 0.15) is 17.6 Å². The van der Waals surface area contributed by atoms with Crippen LogP contribution in [-0.2, 0) is 11.2 Å². The van der Waals surface area contributed by atoms with E-state index in [-0.39, 0.29) is 24.3 Å². The molecule has 1 atom stereocenters. The lowest BCUT2D eigenvalue weighted by Crippen LogP contribution is -2.87. The van der Waals surface area contributed by atoms with Crippen molar-refractivity contribution in [1.82, 2.24) is 0 Å². The van der Waals surface area contributed by atoms with E-state index < -0.39 is 0 Å². The largest absolute Gasteiger partial charge is 0.495 e. The number of anilines is 1. The van der Waals surface area contributed by atoms with Gasteiger partial charge in [-0.3, -0.25) is 4.79 Å². The quantitative estimate of drug-likeness (QED) is 0.613.